The van der Waals surface area contributed by atoms with Gasteiger partial charge < -0.3 is 11.1 Å². The molecular formula is C14H18BrN3O2S. The molecule has 1 aliphatic rings. The molecule has 0 aromatic heterocycles. The number of nitrogens with two attached hydrogens (primary N) is 1. The maximum atomic E-state index is 11.7. The number of anilines is 1. The number of halogens is 1. The molecule has 1 aliphatic carbocycles. The van der Waals surface area contributed by atoms with Crippen LogP contribution in [0.25, 0.3) is 0 Å². The zero-order valence-electron chi connectivity index (χ0n) is 11.5. The van der Waals surface area contributed by atoms with Gasteiger partial charge in [0.25, 0.3) is 0 Å². The van der Waals surface area contributed by atoms with Gasteiger partial charge in [0.2, 0.25) is 5.91 Å². The van der Waals surface area contributed by atoms with Gasteiger partial charge in [-0.3, -0.25) is 10.1 Å². The summed E-state index contributed by atoms with van der Waals surface area (Å²) < 4.78 is 0.893. The van der Waals surface area contributed by atoms with Crippen molar-refractivity contribution in [2.24, 2.45) is 0 Å². The van der Waals surface area contributed by atoms with Crippen LogP contribution in [0.4, 0.5) is 10.5 Å². The van der Waals surface area contributed by atoms with Crippen molar-refractivity contribution >= 4 is 45.3 Å². The second kappa shape index (κ2) is 7.70. The average Bonchev–Trinajstić information content (AvgIpc) is 2.90. The van der Waals surface area contributed by atoms with Crippen molar-refractivity contribution in [2.45, 2.75) is 36.6 Å². The molecule has 0 spiro atoms. The lowest BCUT2D eigenvalue weighted by Crippen LogP contribution is -2.44. The van der Waals surface area contributed by atoms with Crippen molar-refractivity contribution in [2.75, 3.05) is 11.5 Å². The molecular weight excluding hydrogens is 354 g/mol. The number of nitrogens with one attached hydrogen (secondary N) is 2. The first-order valence-corrected chi connectivity index (χ1v) is 8.60. The van der Waals surface area contributed by atoms with Gasteiger partial charge >= 0.3 is 6.03 Å². The van der Waals surface area contributed by atoms with Crippen LogP contribution in [0.1, 0.15) is 25.7 Å². The number of rotatable bonds is 4. The molecule has 5 nitrogen and oxygen atoms in total. The smallest absolute Gasteiger partial charge is 0.321 e. The lowest BCUT2D eigenvalue weighted by atomic mass is 10.2. The van der Waals surface area contributed by atoms with Crippen LogP contribution < -0.4 is 16.4 Å². The number of carbonyl (C=O) groups excluding carboxylic acids is 2. The van der Waals surface area contributed by atoms with E-state index in [0.717, 1.165) is 35.1 Å². The molecule has 3 amide bonds. The number of benzene rings is 1. The van der Waals surface area contributed by atoms with E-state index in [2.05, 4.69) is 26.6 Å². The van der Waals surface area contributed by atoms with Gasteiger partial charge in [0, 0.05) is 21.1 Å². The van der Waals surface area contributed by atoms with Crippen molar-refractivity contribution in [3.63, 3.8) is 0 Å². The van der Waals surface area contributed by atoms with Crippen LogP contribution in [0.15, 0.2) is 27.6 Å². The minimum atomic E-state index is -0.406. The third-order valence-corrected chi connectivity index (χ3v) is 4.86. The van der Waals surface area contributed by atoms with Crippen LogP contribution in [0.5, 0.6) is 0 Å². The molecule has 7 heteroatoms. The monoisotopic (exact) mass is 371 g/mol. The molecule has 1 aromatic carbocycles. The topological polar surface area (TPSA) is 84.2 Å². The van der Waals surface area contributed by atoms with Crippen molar-refractivity contribution < 1.29 is 9.59 Å². The van der Waals surface area contributed by atoms with Crippen LogP contribution in [-0.4, -0.2) is 23.7 Å². The highest BCUT2D eigenvalue weighted by Gasteiger charge is 2.18. The quantitative estimate of drug-likeness (QED) is 0.561. The van der Waals surface area contributed by atoms with E-state index in [1.807, 2.05) is 12.1 Å². The standard InChI is InChI=1S/C14H18BrN3O2S/c15-9-5-6-12(11(16)7-9)21-8-13(19)18-14(20)17-10-3-1-2-4-10/h5-7,10H,1-4,8,16H2,(H2,17,18,19,20). The SMILES string of the molecule is Nc1cc(Br)ccc1SCC(=O)NC(=O)NC1CCCC1. The Bertz CT molecular complexity index is 533. The Hall–Kier alpha value is -1.21. The van der Waals surface area contributed by atoms with Crippen LogP contribution >= 0.6 is 27.7 Å². The first-order chi connectivity index (χ1) is 10.0. The maximum Gasteiger partial charge on any atom is 0.321 e. The minimum absolute atomic E-state index is 0.157. The Balaban J connectivity index is 1.75. The molecule has 0 aliphatic heterocycles. The first kappa shape index (κ1) is 16.2. The largest absolute Gasteiger partial charge is 0.398 e. The minimum Gasteiger partial charge on any atom is -0.398 e. The molecule has 2 rings (SSSR count). The molecule has 0 saturated heterocycles. The Morgan fingerprint density at radius 1 is 1.33 bits per heavy atom. The molecule has 1 fully saturated rings. The zero-order valence-corrected chi connectivity index (χ0v) is 13.9. The molecule has 0 heterocycles. The van der Waals surface area contributed by atoms with E-state index in [-0.39, 0.29) is 17.7 Å². The van der Waals surface area contributed by atoms with Gasteiger partial charge in [0.15, 0.2) is 0 Å². The van der Waals surface area contributed by atoms with Crippen molar-refractivity contribution in [3.8, 4) is 0 Å². The number of hydrogen-bond acceptors (Lipinski definition) is 4. The highest BCUT2D eigenvalue weighted by Crippen LogP contribution is 2.27. The number of amides is 3. The summed E-state index contributed by atoms with van der Waals surface area (Å²) in [5.74, 6) is -0.165. The fraction of sp³-hybridized carbons (Fsp3) is 0.429. The Morgan fingerprint density at radius 2 is 2.05 bits per heavy atom. The molecule has 114 valence electrons. The van der Waals surface area contributed by atoms with Gasteiger partial charge in [-0.1, -0.05) is 28.8 Å². The predicted octanol–water partition coefficient (Wildman–Crippen LogP) is 2.89. The molecule has 21 heavy (non-hydrogen) atoms. The molecule has 1 saturated carbocycles. The van der Waals surface area contributed by atoms with Gasteiger partial charge in [-0.05, 0) is 31.0 Å². The van der Waals surface area contributed by atoms with Crippen LogP contribution in [0, 0.1) is 0 Å². The number of hydrogen-bond donors (Lipinski definition) is 3. The molecule has 4 N–H and O–H groups in total. The van der Waals surface area contributed by atoms with Crippen LogP contribution in [0.3, 0.4) is 0 Å². The van der Waals surface area contributed by atoms with Crippen molar-refractivity contribution in [1.29, 1.82) is 0 Å². The van der Waals surface area contributed by atoms with Gasteiger partial charge in [-0.15, -0.1) is 11.8 Å². The number of carbonyl (C=O) groups is 2. The maximum absolute atomic E-state index is 11.7. The Kier molecular flexibility index (Phi) is 5.93. The number of urea groups is 1. The molecule has 0 radical (unpaired) electrons. The highest BCUT2D eigenvalue weighted by molar-refractivity contribution is 9.10. The van der Waals surface area contributed by atoms with Gasteiger partial charge in [-0.2, -0.15) is 0 Å². The Labute approximate surface area is 136 Å². The summed E-state index contributed by atoms with van der Waals surface area (Å²) in [5, 5.41) is 5.16. The average molecular weight is 372 g/mol. The Morgan fingerprint density at radius 3 is 2.71 bits per heavy atom. The van der Waals surface area contributed by atoms with Gasteiger partial charge in [-0.25, -0.2) is 4.79 Å². The van der Waals surface area contributed by atoms with E-state index in [1.54, 1.807) is 6.07 Å². The molecule has 0 unspecified atom stereocenters. The van der Waals surface area contributed by atoms with Gasteiger partial charge in [0.05, 0.1) is 5.75 Å². The lowest BCUT2D eigenvalue weighted by Gasteiger charge is -2.12. The van der Waals surface area contributed by atoms with E-state index in [9.17, 15) is 9.59 Å². The summed E-state index contributed by atoms with van der Waals surface area (Å²) in [6.45, 7) is 0. The van der Waals surface area contributed by atoms with E-state index < -0.39 is 6.03 Å². The van der Waals surface area contributed by atoms with Crippen molar-refractivity contribution in [3.05, 3.63) is 22.7 Å². The predicted molar refractivity (Wildman–Crippen MR) is 88.2 cm³/mol. The summed E-state index contributed by atoms with van der Waals surface area (Å²) >= 11 is 4.64. The molecule has 0 bridgehead atoms. The second-order valence-corrected chi connectivity index (χ2v) is 6.91. The number of nitrogen functional groups attached to an aromatic ring is 1. The number of thioether (sulfide) groups is 1. The van der Waals surface area contributed by atoms with E-state index >= 15 is 0 Å². The lowest BCUT2D eigenvalue weighted by molar-refractivity contribution is -0.117. The second-order valence-electron chi connectivity index (χ2n) is 4.97. The molecule has 0 atom stereocenters. The van der Waals surface area contributed by atoms with Crippen LogP contribution in [0.2, 0.25) is 0 Å². The van der Waals surface area contributed by atoms with Gasteiger partial charge in [0.1, 0.15) is 0 Å². The number of imide groups is 1. The van der Waals surface area contributed by atoms with E-state index in [1.165, 1.54) is 11.8 Å². The summed E-state index contributed by atoms with van der Waals surface area (Å²) in [6, 6.07) is 5.29. The first-order valence-electron chi connectivity index (χ1n) is 6.83. The van der Waals surface area contributed by atoms with E-state index in [0.29, 0.717) is 5.69 Å². The van der Waals surface area contributed by atoms with Crippen LogP contribution in [-0.2, 0) is 4.79 Å². The summed E-state index contributed by atoms with van der Waals surface area (Å²) in [6.07, 6.45) is 4.26. The van der Waals surface area contributed by atoms with E-state index in [4.69, 9.17) is 5.73 Å². The summed E-state index contributed by atoms with van der Waals surface area (Å²) in [4.78, 5) is 24.2. The third kappa shape index (κ3) is 5.24. The zero-order chi connectivity index (χ0) is 15.2. The normalized spacial score (nSPS) is 14.9. The fourth-order valence-corrected chi connectivity index (χ4v) is 3.38. The van der Waals surface area contributed by atoms with Crippen molar-refractivity contribution in [1.82, 2.24) is 10.6 Å². The summed E-state index contributed by atoms with van der Waals surface area (Å²) in [7, 11) is 0. The highest BCUT2D eigenvalue weighted by atomic mass is 79.9. The fourth-order valence-electron chi connectivity index (χ4n) is 2.25. The molecule has 1 aromatic rings. The summed E-state index contributed by atoms with van der Waals surface area (Å²) in [5.41, 5.74) is 6.46. The third-order valence-electron chi connectivity index (χ3n) is 3.27.